The first-order valence-corrected chi connectivity index (χ1v) is 18.1. The fourth-order valence-electron chi connectivity index (χ4n) is 7.42. The van der Waals surface area contributed by atoms with Crippen LogP contribution in [0, 0.1) is 32.4 Å². The van der Waals surface area contributed by atoms with Gasteiger partial charge in [-0.15, -0.1) is 0 Å². The molecular weight excluding hydrogens is 650 g/mol. The third kappa shape index (κ3) is 8.67. The lowest BCUT2D eigenvalue weighted by molar-refractivity contribution is -0.134. The predicted octanol–water partition coefficient (Wildman–Crippen LogP) is 5.73. The van der Waals surface area contributed by atoms with Gasteiger partial charge in [0.15, 0.2) is 11.6 Å². The van der Waals surface area contributed by atoms with Crippen molar-refractivity contribution in [2.75, 3.05) is 26.2 Å². The van der Waals surface area contributed by atoms with Gasteiger partial charge in [-0.3, -0.25) is 14.4 Å². The Morgan fingerprint density at radius 1 is 0.980 bits per heavy atom. The number of aryl methyl sites for hydroxylation is 2. The maximum atomic E-state index is 14.7. The van der Waals surface area contributed by atoms with E-state index in [0.29, 0.717) is 38.1 Å². The monoisotopic (exact) mass is 698 g/mol. The lowest BCUT2D eigenvalue weighted by atomic mass is 9.82. The third-order valence-electron chi connectivity index (χ3n) is 10.4. The molecule has 2 atom stereocenters. The highest BCUT2D eigenvalue weighted by Crippen LogP contribution is 2.37. The molecule has 2 heterocycles. The molecule has 3 aromatic rings. The van der Waals surface area contributed by atoms with Gasteiger partial charge in [-0.2, -0.15) is 0 Å². The highest BCUT2D eigenvalue weighted by molar-refractivity contribution is 6.03. The Bertz CT molecular complexity index is 1820. The minimum atomic E-state index is -0.900. The standard InChI is InChI=1S/C41H48F2N4O4/c1-25-20-26(2)27(3)36(21-25)51-19-17-28-10-12-29(13-11-28)33-22-31-23-46(38(49)9-5-8-37(44)48)24-35(45-31)39(33)41(50)47(32-14-15-32)18-16-30-6-4-7-34(42)40(30)43/h4,6-7,10-13,20-21,31-32,35,45H,5,8-9,14-19,22-24H2,1-3H3,(H2,44,48)/t31-,35-/m1/s1. The molecule has 0 unspecified atom stereocenters. The summed E-state index contributed by atoms with van der Waals surface area (Å²) in [5.41, 5.74) is 12.7. The number of nitrogens with zero attached hydrogens (tertiary/aromatic N) is 2. The first kappa shape index (κ1) is 36.2. The van der Waals surface area contributed by atoms with E-state index in [9.17, 15) is 23.2 Å². The molecule has 8 nitrogen and oxygen atoms in total. The predicted molar refractivity (Wildman–Crippen MR) is 193 cm³/mol. The number of fused-ring (bicyclic) bond motifs is 2. The molecule has 2 fully saturated rings. The molecule has 6 rings (SSSR count). The van der Waals surface area contributed by atoms with Gasteiger partial charge in [0, 0.05) is 56.6 Å². The number of benzene rings is 3. The molecule has 3 N–H and O–H groups in total. The largest absolute Gasteiger partial charge is 0.493 e. The highest BCUT2D eigenvalue weighted by Gasteiger charge is 2.43. The first-order chi connectivity index (χ1) is 24.5. The van der Waals surface area contributed by atoms with Crippen LogP contribution in [0.3, 0.4) is 0 Å². The topological polar surface area (TPSA) is 105 Å². The van der Waals surface area contributed by atoms with Gasteiger partial charge < -0.3 is 25.6 Å². The molecule has 51 heavy (non-hydrogen) atoms. The van der Waals surface area contributed by atoms with Crippen LogP contribution < -0.4 is 15.8 Å². The first-order valence-electron chi connectivity index (χ1n) is 18.1. The highest BCUT2D eigenvalue weighted by atomic mass is 19.2. The van der Waals surface area contributed by atoms with Crippen LogP contribution >= 0.6 is 0 Å². The lowest BCUT2D eigenvalue weighted by Gasteiger charge is -2.45. The van der Waals surface area contributed by atoms with E-state index in [4.69, 9.17) is 10.5 Å². The van der Waals surface area contributed by atoms with E-state index < -0.39 is 23.6 Å². The molecule has 3 aromatic carbocycles. The van der Waals surface area contributed by atoms with Crippen LogP contribution in [0.1, 0.15) is 71.9 Å². The summed E-state index contributed by atoms with van der Waals surface area (Å²) in [5, 5.41) is 3.62. The Morgan fingerprint density at radius 3 is 2.47 bits per heavy atom. The second-order valence-corrected chi connectivity index (χ2v) is 14.3. The zero-order chi connectivity index (χ0) is 36.2. The number of ether oxygens (including phenoxy) is 1. The molecular formula is C41H48F2N4O4. The van der Waals surface area contributed by atoms with Crippen molar-refractivity contribution in [1.29, 1.82) is 0 Å². The van der Waals surface area contributed by atoms with Crippen molar-refractivity contribution in [2.45, 2.75) is 90.3 Å². The van der Waals surface area contributed by atoms with E-state index >= 15 is 0 Å². The van der Waals surface area contributed by atoms with E-state index in [1.165, 1.54) is 17.2 Å². The van der Waals surface area contributed by atoms with Gasteiger partial charge in [-0.1, -0.05) is 42.5 Å². The summed E-state index contributed by atoms with van der Waals surface area (Å²) in [6.45, 7) is 7.84. The summed E-state index contributed by atoms with van der Waals surface area (Å²) < 4.78 is 34.8. The minimum Gasteiger partial charge on any atom is -0.493 e. The van der Waals surface area contributed by atoms with Crippen molar-refractivity contribution in [2.24, 2.45) is 5.73 Å². The summed E-state index contributed by atoms with van der Waals surface area (Å²) in [5.74, 6) is -1.51. The van der Waals surface area contributed by atoms with Crippen LogP contribution in [0.4, 0.5) is 8.78 Å². The molecule has 2 bridgehead atoms. The molecule has 2 aliphatic heterocycles. The Hall–Kier alpha value is -4.57. The number of hydrogen-bond acceptors (Lipinski definition) is 5. The zero-order valence-corrected chi connectivity index (χ0v) is 29.8. The smallest absolute Gasteiger partial charge is 0.252 e. The Labute approximate surface area is 299 Å². The summed E-state index contributed by atoms with van der Waals surface area (Å²) in [6.07, 6.45) is 3.91. The average molecular weight is 699 g/mol. The second kappa shape index (κ2) is 15.8. The molecule has 3 amide bonds. The van der Waals surface area contributed by atoms with Crippen LogP contribution in [-0.4, -0.2) is 71.9 Å². The van der Waals surface area contributed by atoms with Gasteiger partial charge in [0.25, 0.3) is 5.91 Å². The van der Waals surface area contributed by atoms with Gasteiger partial charge in [-0.25, -0.2) is 8.78 Å². The van der Waals surface area contributed by atoms with Gasteiger partial charge in [0.1, 0.15) is 5.75 Å². The fraction of sp³-hybridized carbons (Fsp3) is 0.439. The van der Waals surface area contributed by atoms with E-state index in [2.05, 4.69) is 62.5 Å². The number of nitrogens with two attached hydrogens (primary N) is 1. The lowest BCUT2D eigenvalue weighted by Crippen LogP contribution is -2.62. The van der Waals surface area contributed by atoms with Gasteiger partial charge in [0.05, 0.1) is 12.6 Å². The van der Waals surface area contributed by atoms with Gasteiger partial charge >= 0.3 is 0 Å². The Kier molecular flexibility index (Phi) is 11.2. The van der Waals surface area contributed by atoms with Crippen molar-refractivity contribution in [3.05, 3.63) is 105 Å². The van der Waals surface area contributed by atoms with Crippen molar-refractivity contribution in [3.63, 3.8) is 0 Å². The second-order valence-electron chi connectivity index (χ2n) is 14.3. The van der Waals surface area contributed by atoms with Crippen molar-refractivity contribution >= 4 is 23.3 Å². The van der Waals surface area contributed by atoms with Crippen LogP contribution in [0.2, 0.25) is 0 Å². The summed E-state index contributed by atoms with van der Waals surface area (Å²) in [6, 6.07) is 16.2. The molecule has 0 spiro atoms. The quantitative estimate of drug-likeness (QED) is 0.224. The fourth-order valence-corrected chi connectivity index (χ4v) is 7.42. The van der Waals surface area contributed by atoms with Crippen LogP contribution in [0.25, 0.3) is 5.57 Å². The Morgan fingerprint density at radius 2 is 1.75 bits per heavy atom. The van der Waals surface area contributed by atoms with Crippen molar-refractivity contribution < 1.29 is 27.9 Å². The third-order valence-corrected chi connectivity index (χ3v) is 10.4. The minimum absolute atomic E-state index is 0.0268. The van der Waals surface area contributed by atoms with Gasteiger partial charge in [-0.05, 0) is 104 Å². The number of nitrogens with one attached hydrogen (secondary N) is 1. The molecule has 10 heteroatoms. The number of halogens is 2. The molecule has 3 aliphatic rings. The van der Waals surface area contributed by atoms with Crippen LogP contribution in [0.15, 0.2) is 60.2 Å². The van der Waals surface area contributed by atoms with Crippen molar-refractivity contribution in [1.82, 2.24) is 15.1 Å². The number of rotatable bonds is 14. The number of amides is 3. The maximum absolute atomic E-state index is 14.7. The molecule has 270 valence electrons. The molecule has 1 saturated heterocycles. The average Bonchev–Trinajstić information content (AvgIpc) is 3.94. The normalized spacial score (nSPS) is 18.5. The zero-order valence-electron chi connectivity index (χ0n) is 29.8. The van der Waals surface area contributed by atoms with Crippen LogP contribution in [-0.2, 0) is 27.2 Å². The van der Waals surface area contributed by atoms with E-state index in [-0.39, 0.29) is 55.3 Å². The summed E-state index contributed by atoms with van der Waals surface area (Å²) in [4.78, 5) is 42.8. The van der Waals surface area contributed by atoms with Gasteiger partial charge in [0.2, 0.25) is 11.8 Å². The molecule has 0 aromatic heterocycles. The maximum Gasteiger partial charge on any atom is 0.252 e. The number of hydrogen-bond donors (Lipinski definition) is 2. The van der Waals surface area contributed by atoms with E-state index in [1.807, 2.05) is 4.90 Å². The number of piperazine rings is 1. The van der Waals surface area contributed by atoms with E-state index in [0.717, 1.165) is 53.3 Å². The Balaban J connectivity index is 1.24. The van der Waals surface area contributed by atoms with Crippen molar-refractivity contribution in [3.8, 4) is 5.75 Å². The summed E-state index contributed by atoms with van der Waals surface area (Å²) >= 11 is 0. The molecule has 1 saturated carbocycles. The van der Waals surface area contributed by atoms with E-state index in [1.54, 1.807) is 11.0 Å². The van der Waals surface area contributed by atoms with Crippen LogP contribution in [0.5, 0.6) is 5.75 Å². The number of carbonyl (C=O) groups excluding carboxylic acids is 3. The summed E-state index contributed by atoms with van der Waals surface area (Å²) in [7, 11) is 0. The number of carbonyl (C=O) groups is 3. The number of primary amides is 1. The SMILES string of the molecule is Cc1cc(C)c(C)c(OCCc2ccc(C3=C(C(=O)N(CCc4cccc(F)c4F)C4CC4)[C@H]4CN(C(=O)CCCC(N)=O)C[C@@H](C3)N4)cc2)c1. The molecule has 0 radical (unpaired) electrons. The molecule has 1 aliphatic carbocycles.